The van der Waals surface area contributed by atoms with Gasteiger partial charge in [0.15, 0.2) is 6.61 Å². The van der Waals surface area contributed by atoms with E-state index in [1.54, 1.807) is 23.6 Å². The van der Waals surface area contributed by atoms with Crippen molar-refractivity contribution in [1.29, 1.82) is 0 Å². The van der Waals surface area contributed by atoms with Crippen molar-refractivity contribution in [2.75, 3.05) is 13.7 Å². The monoisotopic (exact) mass is 405 g/mol. The molecule has 1 amide bonds. The molecule has 0 aliphatic carbocycles. The summed E-state index contributed by atoms with van der Waals surface area (Å²) < 4.78 is 7.12. The summed E-state index contributed by atoms with van der Waals surface area (Å²) in [5, 5.41) is 4.48. The highest BCUT2D eigenvalue weighted by atomic mass is 16.5. The predicted octanol–water partition coefficient (Wildman–Crippen LogP) is 3.92. The number of carbonyl (C=O) groups excluding carboxylic acids is 2. The smallest absolute Gasteiger partial charge is 0.342 e. The van der Waals surface area contributed by atoms with Gasteiger partial charge in [0.25, 0.3) is 5.91 Å². The zero-order valence-electron chi connectivity index (χ0n) is 17.8. The number of ether oxygens (including phenoxy) is 1. The Morgan fingerprint density at radius 1 is 1.03 bits per heavy atom. The molecule has 6 nitrogen and oxygen atoms in total. The van der Waals surface area contributed by atoms with Gasteiger partial charge in [0, 0.05) is 7.05 Å². The van der Waals surface area contributed by atoms with Crippen LogP contribution in [0, 0.1) is 13.8 Å². The summed E-state index contributed by atoms with van der Waals surface area (Å²) in [6, 6.07) is 19.5. The van der Waals surface area contributed by atoms with E-state index in [1.165, 1.54) is 0 Å². The second kappa shape index (κ2) is 9.39. The molecule has 1 atom stereocenters. The summed E-state index contributed by atoms with van der Waals surface area (Å²) in [6.45, 7) is 5.81. The molecule has 0 saturated heterocycles. The Bertz CT molecular complexity index is 1010. The zero-order chi connectivity index (χ0) is 21.7. The van der Waals surface area contributed by atoms with Crippen LogP contribution in [0.3, 0.4) is 0 Å². The molecule has 0 aliphatic heterocycles. The molecule has 0 aliphatic rings. The number of aromatic nitrogens is 2. The minimum absolute atomic E-state index is 0.116. The van der Waals surface area contributed by atoms with Crippen molar-refractivity contribution in [2.45, 2.75) is 33.4 Å². The Morgan fingerprint density at radius 3 is 2.27 bits per heavy atom. The highest BCUT2D eigenvalue weighted by molar-refractivity contribution is 5.93. The van der Waals surface area contributed by atoms with Crippen LogP contribution < -0.4 is 0 Å². The maximum absolute atomic E-state index is 12.7. The minimum Gasteiger partial charge on any atom is -0.452 e. The van der Waals surface area contributed by atoms with E-state index in [2.05, 4.69) is 5.10 Å². The van der Waals surface area contributed by atoms with E-state index in [9.17, 15) is 9.59 Å². The van der Waals surface area contributed by atoms with Gasteiger partial charge in [-0.15, -0.1) is 0 Å². The van der Waals surface area contributed by atoms with Crippen molar-refractivity contribution in [3.63, 3.8) is 0 Å². The maximum atomic E-state index is 12.7. The molecule has 1 unspecified atom stereocenters. The first-order valence-corrected chi connectivity index (χ1v) is 9.94. The molecule has 3 aromatic rings. The van der Waals surface area contributed by atoms with Crippen molar-refractivity contribution in [2.24, 2.45) is 0 Å². The van der Waals surface area contributed by atoms with Crippen LogP contribution in [0.2, 0.25) is 0 Å². The summed E-state index contributed by atoms with van der Waals surface area (Å²) in [5.74, 6) is -0.787. The number of nitrogens with zero attached hydrogens (tertiary/aromatic N) is 3. The molecule has 1 aromatic heterocycles. The van der Waals surface area contributed by atoms with E-state index in [-0.39, 0.29) is 18.6 Å². The number of rotatable bonds is 7. The SMILES string of the molecule is Cc1nn(Cc2ccccc2)c(C)c1C(=O)OCC(=O)N(C)C(C)c1ccccc1. The summed E-state index contributed by atoms with van der Waals surface area (Å²) >= 11 is 0. The third-order valence-electron chi connectivity index (χ3n) is 5.34. The number of carbonyl (C=O) groups is 2. The van der Waals surface area contributed by atoms with Gasteiger partial charge in [0.1, 0.15) is 5.56 Å². The summed E-state index contributed by atoms with van der Waals surface area (Å²) in [4.78, 5) is 26.8. The number of aryl methyl sites for hydroxylation is 1. The van der Waals surface area contributed by atoms with Crippen molar-refractivity contribution in [1.82, 2.24) is 14.7 Å². The van der Waals surface area contributed by atoms with Crippen LogP contribution in [0.4, 0.5) is 0 Å². The second-order valence-corrected chi connectivity index (χ2v) is 7.36. The number of hydrogen-bond donors (Lipinski definition) is 0. The largest absolute Gasteiger partial charge is 0.452 e. The highest BCUT2D eigenvalue weighted by Crippen LogP contribution is 2.19. The van der Waals surface area contributed by atoms with Gasteiger partial charge in [-0.3, -0.25) is 9.48 Å². The lowest BCUT2D eigenvalue weighted by atomic mass is 10.1. The van der Waals surface area contributed by atoms with Crippen LogP contribution in [0.25, 0.3) is 0 Å². The molecule has 2 aromatic carbocycles. The van der Waals surface area contributed by atoms with E-state index in [0.29, 0.717) is 17.8 Å². The Labute approximate surface area is 177 Å². The molecule has 0 spiro atoms. The van der Waals surface area contributed by atoms with Gasteiger partial charge >= 0.3 is 5.97 Å². The molecule has 30 heavy (non-hydrogen) atoms. The molecular weight excluding hydrogens is 378 g/mol. The van der Waals surface area contributed by atoms with Gasteiger partial charge in [0.05, 0.1) is 24.0 Å². The molecule has 0 radical (unpaired) electrons. The quantitative estimate of drug-likeness (QED) is 0.559. The zero-order valence-corrected chi connectivity index (χ0v) is 17.8. The number of likely N-dealkylation sites (N-methyl/N-ethyl adjacent to an activating group) is 1. The second-order valence-electron chi connectivity index (χ2n) is 7.36. The van der Waals surface area contributed by atoms with Crippen LogP contribution in [0.1, 0.15) is 45.8 Å². The van der Waals surface area contributed by atoms with Gasteiger partial charge in [0.2, 0.25) is 0 Å². The van der Waals surface area contributed by atoms with Crippen LogP contribution in [-0.4, -0.2) is 40.2 Å². The van der Waals surface area contributed by atoms with Crippen LogP contribution in [-0.2, 0) is 16.1 Å². The summed E-state index contributed by atoms with van der Waals surface area (Å²) in [6.07, 6.45) is 0. The van der Waals surface area contributed by atoms with Gasteiger partial charge in [-0.25, -0.2) is 4.79 Å². The molecule has 0 bridgehead atoms. The number of esters is 1. The van der Waals surface area contributed by atoms with E-state index >= 15 is 0 Å². The number of benzene rings is 2. The third kappa shape index (κ3) is 4.76. The van der Waals surface area contributed by atoms with Crippen LogP contribution in [0.15, 0.2) is 60.7 Å². The van der Waals surface area contributed by atoms with Crippen molar-refractivity contribution in [3.8, 4) is 0 Å². The fourth-order valence-corrected chi connectivity index (χ4v) is 3.38. The normalized spacial score (nSPS) is 11.7. The third-order valence-corrected chi connectivity index (χ3v) is 5.34. The van der Waals surface area contributed by atoms with E-state index < -0.39 is 5.97 Å². The fraction of sp³-hybridized carbons (Fsp3) is 0.292. The van der Waals surface area contributed by atoms with Crippen LogP contribution in [0.5, 0.6) is 0 Å². The van der Waals surface area contributed by atoms with E-state index in [0.717, 1.165) is 16.8 Å². The van der Waals surface area contributed by atoms with Gasteiger partial charge < -0.3 is 9.64 Å². The van der Waals surface area contributed by atoms with Crippen LogP contribution >= 0.6 is 0 Å². The summed E-state index contributed by atoms with van der Waals surface area (Å²) in [5.41, 5.74) is 3.84. The average Bonchev–Trinajstić information content (AvgIpc) is 3.04. The lowest BCUT2D eigenvalue weighted by Crippen LogP contribution is -2.33. The lowest BCUT2D eigenvalue weighted by Gasteiger charge is -2.25. The molecule has 6 heteroatoms. The van der Waals surface area contributed by atoms with Crippen molar-refractivity contribution in [3.05, 3.63) is 88.7 Å². The number of hydrogen-bond acceptors (Lipinski definition) is 4. The van der Waals surface area contributed by atoms with Gasteiger partial charge in [-0.1, -0.05) is 60.7 Å². The molecule has 0 fully saturated rings. The standard InChI is InChI=1S/C24H27N3O3/c1-17-23(19(3)27(25-17)15-20-11-7-5-8-12-20)24(29)30-16-22(28)26(4)18(2)21-13-9-6-10-14-21/h5-14,18H,15-16H2,1-4H3. The Morgan fingerprint density at radius 2 is 1.63 bits per heavy atom. The van der Waals surface area contributed by atoms with Gasteiger partial charge in [-0.2, -0.15) is 5.10 Å². The Hall–Kier alpha value is -3.41. The highest BCUT2D eigenvalue weighted by Gasteiger charge is 2.23. The topological polar surface area (TPSA) is 64.4 Å². The summed E-state index contributed by atoms with van der Waals surface area (Å²) in [7, 11) is 1.71. The predicted molar refractivity (Wildman–Crippen MR) is 115 cm³/mol. The molecule has 1 heterocycles. The maximum Gasteiger partial charge on any atom is 0.342 e. The molecule has 3 rings (SSSR count). The molecule has 0 saturated carbocycles. The molecular formula is C24H27N3O3. The Kier molecular flexibility index (Phi) is 6.67. The average molecular weight is 405 g/mol. The lowest BCUT2D eigenvalue weighted by molar-refractivity contribution is -0.135. The van der Waals surface area contributed by atoms with E-state index in [1.807, 2.05) is 74.5 Å². The first-order chi connectivity index (χ1) is 14.4. The molecule has 156 valence electrons. The first kappa shape index (κ1) is 21.3. The minimum atomic E-state index is -0.529. The molecule has 0 N–H and O–H groups in total. The van der Waals surface area contributed by atoms with Crippen molar-refractivity contribution >= 4 is 11.9 Å². The van der Waals surface area contributed by atoms with Gasteiger partial charge in [-0.05, 0) is 31.9 Å². The number of amides is 1. The van der Waals surface area contributed by atoms with Crippen molar-refractivity contribution < 1.29 is 14.3 Å². The Balaban J connectivity index is 1.64. The fourth-order valence-electron chi connectivity index (χ4n) is 3.38. The first-order valence-electron chi connectivity index (χ1n) is 9.94. The van der Waals surface area contributed by atoms with E-state index in [4.69, 9.17) is 4.74 Å².